The molecule has 1 saturated carbocycles. The normalized spacial score (nSPS) is 18.1. The Morgan fingerprint density at radius 2 is 2.14 bits per heavy atom. The van der Waals surface area contributed by atoms with Crippen molar-refractivity contribution in [3.63, 3.8) is 0 Å². The predicted molar refractivity (Wildman–Crippen MR) is 86.6 cm³/mol. The second kappa shape index (κ2) is 5.93. The minimum atomic E-state index is 0.0440. The van der Waals surface area contributed by atoms with Crippen molar-refractivity contribution in [1.82, 2.24) is 4.90 Å². The Morgan fingerprint density at radius 1 is 1.38 bits per heavy atom. The molecule has 114 valence electrons. The van der Waals surface area contributed by atoms with Gasteiger partial charge in [0.15, 0.2) is 0 Å². The largest absolute Gasteiger partial charge is 0.397 e. The van der Waals surface area contributed by atoms with Gasteiger partial charge < -0.3 is 21.3 Å². The Kier molecular flexibility index (Phi) is 4.01. The molecule has 0 radical (unpaired) electrons. The summed E-state index contributed by atoms with van der Waals surface area (Å²) in [5.41, 5.74) is 9.57. The summed E-state index contributed by atoms with van der Waals surface area (Å²) in [5, 5.41) is 6.26. The second-order valence-corrected chi connectivity index (χ2v) is 6.17. The molecule has 0 bridgehead atoms. The molecular weight excluding hydrogens is 264 g/mol. The van der Waals surface area contributed by atoms with Crippen LogP contribution in [0.3, 0.4) is 0 Å². The van der Waals surface area contributed by atoms with Gasteiger partial charge >= 0.3 is 0 Å². The summed E-state index contributed by atoms with van der Waals surface area (Å²) < 4.78 is 0. The zero-order valence-corrected chi connectivity index (χ0v) is 12.6. The van der Waals surface area contributed by atoms with Gasteiger partial charge in [-0.25, -0.2) is 0 Å². The van der Waals surface area contributed by atoms with Gasteiger partial charge in [0, 0.05) is 24.8 Å². The quantitative estimate of drug-likeness (QED) is 0.725. The second-order valence-electron chi connectivity index (χ2n) is 6.17. The predicted octanol–water partition coefficient (Wildman–Crippen LogP) is 2.05. The van der Waals surface area contributed by atoms with E-state index in [1.807, 2.05) is 12.1 Å². The summed E-state index contributed by atoms with van der Waals surface area (Å²) in [6.07, 6.45) is 5.80. The Labute approximate surface area is 125 Å². The van der Waals surface area contributed by atoms with E-state index in [1.54, 1.807) is 0 Å². The maximum Gasteiger partial charge on any atom is 0.228 e. The number of benzene rings is 1. The van der Waals surface area contributed by atoms with Crippen molar-refractivity contribution in [3.05, 3.63) is 17.7 Å². The average Bonchev–Trinajstić information content (AvgIpc) is 3.07. The Bertz CT molecular complexity index is 537. The summed E-state index contributed by atoms with van der Waals surface area (Å²) >= 11 is 0. The molecule has 1 fully saturated rings. The van der Waals surface area contributed by atoms with Crippen LogP contribution in [-0.2, 0) is 11.2 Å². The average molecular weight is 288 g/mol. The number of carbonyl (C=O) groups excluding carboxylic acids is 1. The standard InChI is InChI=1S/C16H24N4O/c1-20(12-4-2-3-5-12)7-6-18-15-10-14-11(8-13(15)17)9-16(21)19-14/h8,10,12,18H,2-7,9,17H2,1H3,(H,19,21). The van der Waals surface area contributed by atoms with Gasteiger partial charge in [0.05, 0.1) is 17.8 Å². The van der Waals surface area contributed by atoms with Gasteiger partial charge in [-0.05, 0) is 37.6 Å². The van der Waals surface area contributed by atoms with Crippen LogP contribution in [0, 0.1) is 0 Å². The van der Waals surface area contributed by atoms with E-state index in [1.165, 1.54) is 25.7 Å². The number of nitrogens with zero attached hydrogens (tertiary/aromatic N) is 1. The molecule has 0 unspecified atom stereocenters. The van der Waals surface area contributed by atoms with Crippen LogP contribution in [0.2, 0.25) is 0 Å². The van der Waals surface area contributed by atoms with E-state index in [2.05, 4.69) is 22.6 Å². The van der Waals surface area contributed by atoms with Crippen LogP contribution >= 0.6 is 0 Å². The van der Waals surface area contributed by atoms with Crippen molar-refractivity contribution >= 4 is 23.0 Å². The minimum Gasteiger partial charge on any atom is -0.397 e. The van der Waals surface area contributed by atoms with Gasteiger partial charge in [-0.15, -0.1) is 0 Å². The lowest BCUT2D eigenvalue weighted by atomic mass is 10.1. The maximum atomic E-state index is 11.4. The number of likely N-dealkylation sites (N-methyl/N-ethyl adjacent to an activating group) is 1. The summed E-state index contributed by atoms with van der Waals surface area (Å²) in [5.74, 6) is 0.0440. The molecule has 1 heterocycles. The molecule has 1 aromatic carbocycles. The van der Waals surface area contributed by atoms with Crippen LogP contribution in [0.15, 0.2) is 12.1 Å². The molecule has 0 saturated heterocycles. The summed E-state index contributed by atoms with van der Waals surface area (Å²) in [7, 11) is 2.20. The van der Waals surface area contributed by atoms with Gasteiger partial charge in [-0.2, -0.15) is 0 Å². The Hall–Kier alpha value is -1.75. The van der Waals surface area contributed by atoms with Crippen LogP contribution in [0.4, 0.5) is 17.1 Å². The summed E-state index contributed by atoms with van der Waals surface area (Å²) in [6, 6.07) is 4.59. The summed E-state index contributed by atoms with van der Waals surface area (Å²) in [4.78, 5) is 13.8. The van der Waals surface area contributed by atoms with Crippen molar-refractivity contribution < 1.29 is 4.79 Å². The third-order valence-electron chi connectivity index (χ3n) is 4.63. The number of hydrogen-bond donors (Lipinski definition) is 3. The molecule has 0 aromatic heterocycles. The van der Waals surface area contributed by atoms with Gasteiger partial charge in [-0.3, -0.25) is 4.79 Å². The van der Waals surface area contributed by atoms with Crippen LogP contribution in [0.25, 0.3) is 0 Å². The first-order chi connectivity index (χ1) is 10.1. The number of nitrogens with two attached hydrogens (primary N) is 1. The summed E-state index contributed by atoms with van der Waals surface area (Å²) in [6.45, 7) is 1.87. The monoisotopic (exact) mass is 288 g/mol. The molecule has 1 aliphatic carbocycles. The Morgan fingerprint density at radius 3 is 2.90 bits per heavy atom. The molecule has 21 heavy (non-hydrogen) atoms. The third-order valence-corrected chi connectivity index (χ3v) is 4.63. The molecule has 2 aliphatic rings. The number of rotatable bonds is 5. The van der Waals surface area contributed by atoms with Crippen LogP contribution < -0.4 is 16.4 Å². The van der Waals surface area contributed by atoms with E-state index in [9.17, 15) is 4.79 Å². The Balaban J connectivity index is 1.56. The fraction of sp³-hybridized carbons (Fsp3) is 0.562. The van der Waals surface area contributed by atoms with E-state index in [-0.39, 0.29) is 5.91 Å². The first kappa shape index (κ1) is 14.2. The van der Waals surface area contributed by atoms with E-state index < -0.39 is 0 Å². The van der Waals surface area contributed by atoms with E-state index in [4.69, 9.17) is 5.73 Å². The highest BCUT2D eigenvalue weighted by molar-refractivity contribution is 6.00. The highest BCUT2D eigenvalue weighted by Crippen LogP contribution is 2.31. The van der Waals surface area contributed by atoms with Crippen LogP contribution in [0.1, 0.15) is 31.2 Å². The minimum absolute atomic E-state index is 0.0440. The van der Waals surface area contributed by atoms with Crippen molar-refractivity contribution in [3.8, 4) is 0 Å². The van der Waals surface area contributed by atoms with E-state index in [0.29, 0.717) is 12.1 Å². The first-order valence-corrected chi connectivity index (χ1v) is 7.80. The molecule has 4 N–H and O–H groups in total. The molecule has 0 spiro atoms. The highest BCUT2D eigenvalue weighted by Gasteiger charge is 2.20. The molecule has 0 atom stereocenters. The SMILES string of the molecule is CN(CCNc1cc2c(cc1N)CC(=O)N2)C1CCCC1. The van der Waals surface area contributed by atoms with Crippen molar-refractivity contribution in [2.45, 2.75) is 38.1 Å². The zero-order chi connectivity index (χ0) is 14.8. The van der Waals surface area contributed by atoms with Crippen LogP contribution in [0.5, 0.6) is 0 Å². The fourth-order valence-electron chi connectivity index (χ4n) is 3.34. The molecule has 1 aliphatic heterocycles. The lowest BCUT2D eigenvalue weighted by Crippen LogP contribution is -2.33. The van der Waals surface area contributed by atoms with Crippen molar-refractivity contribution in [2.24, 2.45) is 0 Å². The zero-order valence-electron chi connectivity index (χ0n) is 12.6. The van der Waals surface area contributed by atoms with Crippen molar-refractivity contribution in [2.75, 3.05) is 36.5 Å². The first-order valence-electron chi connectivity index (χ1n) is 7.80. The van der Waals surface area contributed by atoms with E-state index in [0.717, 1.165) is 36.1 Å². The van der Waals surface area contributed by atoms with Gasteiger partial charge in [0.25, 0.3) is 0 Å². The smallest absolute Gasteiger partial charge is 0.228 e. The number of anilines is 3. The molecule has 5 heteroatoms. The van der Waals surface area contributed by atoms with Gasteiger partial charge in [0.2, 0.25) is 5.91 Å². The number of fused-ring (bicyclic) bond motifs is 1. The van der Waals surface area contributed by atoms with E-state index >= 15 is 0 Å². The van der Waals surface area contributed by atoms with Gasteiger partial charge in [-0.1, -0.05) is 12.8 Å². The molecule has 5 nitrogen and oxygen atoms in total. The number of nitrogens with one attached hydrogen (secondary N) is 2. The number of nitrogen functional groups attached to an aromatic ring is 1. The number of amides is 1. The lowest BCUT2D eigenvalue weighted by molar-refractivity contribution is -0.115. The molecular formula is C16H24N4O. The van der Waals surface area contributed by atoms with Crippen molar-refractivity contribution in [1.29, 1.82) is 0 Å². The number of hydrogen-bond acceptors (Lipinski definition) is 4. The maximum absolute atomic E-state index is 11.4. The third kappa shape index (κ3) is 3.13. The van der Waals surface area contributed by atoms with Gasteiger partial charge in [0.1, 0.15) is 0 Å². The lowest BCUT2D eigenvalue weighted by Gasteiger charge is -2.24. The molecule has 3 rings (SSSR count). The topological polar surface area (TPSA) is 70.4 Å². The van der Waals surface area contributed by atoms with Crippen LogP contribution in [-0.4, -0.2) is 37.0 Å². The molecule has 1 aromatic rings. The molecule has 1 amide bonds. The highest BCUT2D eigenvalue weighted by atomic mass is 16.1. The number of carbonyl (C=O) groups is 1. The fourth-order valence-corrected chi connectivity index (χ4v) is 3.34.